The number of benzene rings is 1. The zero-order valence-corrected chi connectivity index (χ0v) is 16.4. The monoisotopic (exact) mass is 418 g/mol. The fourth-order valence-electron chi connectivity index (χ4n) is 3.39. The number of likely N-dealkylation sites (tertiary alicyclic amines) is 1. The summed E-state index contributed by atoms with van der Waals surface area (Å²) in [4.78, 5) is 14.8. The van der Waals surface area contributed by atoms with Crippen molar-refractivity contribution in [2.45, 2.75) is 13.3 Å². The number of carbonyl (C=O) groups is 1. The molecular formula is C17H24BrClN2O3. The highest BCUT2D eigenvalue weighted by atomic mass is 79.9. The fourth-order valence-corrected chi connectivity index (χ4v) is 3.95. The Labute approximate surface area is 157 Å². The van der Waals surface area contributed by atoms with E-state index in [1.54, 1.807) is 13.2 Å². The van der Waals surface area contributed by atoms with Crippen LogP contribution in [0, 0.1) is 11.8 Å². The SMILES string of the molecule is CCCOc1c(Br)cc(C(=O)N2C[C@H]3CNC[C@H]3C2)cc1OC.Cl. The molecule has 5 nitrogen and oxygen atoms in total. The van der Waals surface area contributed by atoms with Crippen molar-refractivity contribution in [3.63, 3.8) is 0 Å². The first kappa shape index (κ1) is 19.3. The molecule has 2 saturated heterocycles. The molecule has 7 heteroatoms. The maximum Gasteiger partial charge on any atom is 0.254 e. The normalized spacial score (nSPS) is 22.0. The molecule has 0 radical (unpaired) electrons. The second-order valence-electron chi connectivity index (χ2n) is 6.23. The quantitative estimate of drug-likeness (QED) is 0.797. The van der Waals surface area contributed by atoms with E-state index in [4.69, 9.17) is 9.47 Å². The van der Waals surface area contributed by atoms with Crippen LogP contribution in [-0.4, -0.2) is 50.7 Å². The highest BCUT2D eigenvalue weighted by Crippen LogP contribution is 2.37. The molecule has 0 saturated carbocycles. The number of hydrogen-bond acceptors (Lipinski definition) is 4. The first-order valence-electron chi connectivity index (χ1n) is 8.14. The Hall–Kier alpha value is -0.980. The highest BCUT2D eigenvalue weighted by molar-refractivity contribution is 9.10. The molecule has 1 aromatic carbocycles. The van der Waals surface area contributed by atoms with Crippen LogP contribution in [0.5, 0.6) is 11.5 Å². The Morgan fingerprint density at radius 1 is 1.33 bits per heavy atom. The van der Waals surface area contributed by atoms with E-state index in [1.165, 1.54) is 0 Å². The molecule has 3 rings (SSSR count). The van der Waals surface area contributed by atoms with Gasteiger partial charge in [0.15, 0.2) is 11.5 Å². The van der Waals surface area contributed by atoms with E-state index in [0.717, 1.165) is 37.1 Å². The smallest absolute Gasteiger partial charge is 0.254 e. The van der Waals surface area contributed by atoms with Crippen LogP contribution in [0.2, 0.25) is 0 Å². The van der Waals surface area contributed by atoms with E-state index in [-0.39, 0.29) is 18.3 Å². The molecule has 134 valence electrons. The van der Waals surface area contributed by atoms with Gasteiger partial charge in [-0.15, -0.1) is 12.4 Å². The van der Waals surface area contributed by atoms with Crippen molar-refractivity contribution >= 4 is 34.2 Å². The summed E-state index contributed by atoms with van der Waals surface area (Å²) in [6.45, 7) is 6.38. The molecule has 1 amide bonds. The molecule has 0 aromatic heterocycles. The molecule has 0 aliphatic carbocycles. The van der Waals surface area contributed by atoms with E-state index in [2.05, 4.69) is 28.2 Å². The average molecular weight is 420 g/mol. The maximum atomic E-state index is 12.8. The Balaban J connectivity index is 0.00000208. The van der Waals surface area contributed by atoms with Crippen molar-refractivity contribution in [3.05, 3.63) is 22.2 Å². The van der Waals surface area contributed by atoms with Gasteiger partial charge in [0.05, 0.1) is 18.2 Å². The van der Waals surface area contributed by atoms with Crippen molar-refractivity contribution in [1.29, 1.82) is 0 Å². The number of methoxy groups -OCH3 is 1. The Morgan fingerprint density at radius 3 is 2.58 bits per heavy atom. The number of ether oxygens (including phenoxy) is 2. The average Bonchev–Trinajstić information content (AvgIpc) is 3.13. The second-order valence-corrected chi connectivity index (χ2v) is 7.08. The van der Waals surface area contributed by atoms with Crippen LogP contribution >= 0.6 is 28.3 Å². The van der Waals surface area contributed by atoms with Gasteiger partial charge in [0.1, 0.15) is 0 Å². The summed E-state index contributed by atoms with van der Waals surface area (Å²) >= 11 is 3.51. The van der Waals surface area contributed by atoms with Gasteiger partial charge in [0.2, 0.25) is 0 Å². The summed E-state index contributed by atoms with van der Waals surface area (Å²) in [5.41, 5.74) is 0.644. The van der Waals surface area contributed by atoms with Gasteiger partial charge in [-0.25, -0.2) is 0 Å². The number of fused-ring (bicyclic) bond motifs is 1. The van der Waals surface area contributed by atoms with Crippen molar-refractivity contribution < 1.29 is 14.3 Å². The molecule has 0 spiro atoms. The number of nitrogens with zero attached hydrogens (tertiary/aromatic N) is 1. The van der Waals surface area contributed by atoms with Gasteiger partial charge < -0.3 is 19.7 Å². The zero-order chi connectivity index (χ0) is 16.4. The van der Waals surface area contributed by atoms with Crippen molar-refractivity contribution in [2.24, 2.45) is 11.8 Å². The molecule has 2 fully saturated rings. The molecule has 0 unspecified atom stereocenters. The predicted octanol–water partition coefficient (Wildman–Crippen LogP) is 2.96. The number of hydrogen-bond donors (Lipinski definition) is 1. The summed E-state index contributed by atoms with van der Waals surface area (Å²) in [5, 5.41) is 3.40. The van der Waals surface area contributed by atoms with Crippen LogP contribution < -0.4 is 14.8 Å². The largest absolute Gasteiger partial charge is 0.493 e. The van der Waals surface area contributed by atoms with Gasteiger partial charge >= 0.3 is 0 Å². The lowest BCUT2D eigenvalue weighted by molar-refractivity contribution is 0.0781. The van der Waals surface area contributed by atoms with Crippen LogP contribution in [0.25, 0.3) is 0 Å². The standard InChI is InChI=1S/C17H23BrN2O3.ClH/c1-3-4-23-16-14(18)5-11(6-15(16)22-2)17(21)20-9-12-7-19-8-13(12)10-20;/h5-6,12-13,19H,3-4,7-10H2,1-2H3;1H/t12-,13+;. The second kappa shape index (κ2) is 8.41. The number of carbonyl (C=O) groups excluding carboxylic acids is 1. The minimum absolute atomic E-state index is 0. The molecule has 2 heterocycles. The van der Waals surface area contributed by atoms with Crippen LogP contribution in [0.4, 0.5) is 0 Å². The van der Waals surface area contributed by atoms with Crippen molar-refractivity contribution in [1.82, 2.24) is 10.2 Å². The summed E-state index contributed by atoms with van der Waals surface area (Å²) in [7, 11) is 1.60. The molecule has 1 aromatic rings. The predicted molar refractivity (Wildman–Crippen MR) is 99.5 cm³/mol. The Bertz CT molecular complexity index is 587. The van der Waals surface area contributed by atoms with E-state index >= 15 is 0 Å². The van der Waals surface area contributed by atoms with E-state index < -0.39 is 0 Å². The third kappa shape index (κ3) is 3.81. The van der Waals surface area contributed by atoms with Crippen molar-refractivity contribution in [3.8, 4) is 11.5 Å². The molecule has 24 heavy (non-hydrogen) atoms. The Kier molecular flexibility index (Phi) is 6.78. The molecule has 2 aliphatic rings. The van der Waals surface area contributed by atoms with Gasteiger partial charge in [0.25, 0.3) is 5.91 Å². The van der Waals surface area contributed by atoms with Crippen molar-refractivity contribution in [2.75, 3.05) is 39.9 Å². The fraction of sp³-hybridized carbons (Fsp3) is 0.588. The third-order valence-electron chi connectivity index (χ3n) is 4.60. The van der Waals surface area contributed by atoms with Crippen LogP contribution in [-0.2, 0) is 0 Å². The van der Waals surface area contributed by atoms with Gasteiger partial charge in [-0.1, -0.05) is 6.92 Å². The number of nitrogens with one attached hydrogen (secondary N) is 1. The van der Waals surface area contributed by atoms with E-state index in [0.29, 0.717) is 35.5 Å². The summed E-state index contributed by atoms with van der Waals surface area (Å²) < 4.78 is 11.9. The van der Waals surface area contributed by atoms with Crippen LogP contribution in [0.15, 0.2) is 16.6 Å². The van der Waals surface area contributed by atoms with E-state index in [9.17, 15) is 4.79 Å². The topological polar surface area (TPSA) is 50.8 Å². The van der Waals surface area contributed by atoms with Crippen LogP contribution in [0.3, 0.4) is 0 Å². The summed E-state index contributed by atoms with van der Waals surface area (Å²) in [6.07, 6.45) is 0.918. The summed E-state index contributed by atoms with van der Waals surface area (Å²) in [6, 6.07) is 3.62. The van der Waals surface area contributed by atoms with Gasteiger partial charge in [-0.3, -0.25) is 4.79 Å². The summed E-state index contributed by atoms with van der Waals surface area (Å²) in [5.74, 6) is 2.51. The lowest BCUT2D eigenvalue weighted by Crippen LogP contribution is -2.31. The highest BCUT2D eigenvalue weighted by Gasteiger charge is 2.38. The molecular weight excluding hydrogens is 396 g/mol. The molecule has 2 atom stereocenters. The van der Waals surface area contributed by atoms with E-state index in [1.807, 2.05) is 11.0 Å². The minimum Gasteiger partial charge on any atom is -0.493 e. The zero-order valence-electron chi connectivity index (χ0n) is 14.0. The lowest BCUT2D eigenvalue weighted by atomic mass is 10.0. The Morgan fingerprint density at radius 2 is 2.00 bits per heavy atom. The molecule has 2 aliphatic heterocycles. The van der Waals surface area contributed by atoms with Gasteiger partial charge in [0, 0.05) is 31.7 Å². The number of rotatable bonds is 5. The number of halogens is 2. The molecule has 0 bridgehead atoms. The van der Waals surface area contributed by atoms with Gasteiger partial charge in [-0.05, 0) is 46.3 Å². The third-order valence-corrected chi connectivity index (χ3v) is 5.19. The minimum atomic E-state index is 0. The maximum absolute atomic E-state index is 12.8. The molecule has 1 N–H and O–H groups in total. The number of amides is 1. The van der Waals surface area contributed by atoms with Crippen LogP contribution in [0.1, 0.15) is 23.7 Å². The first-order chi connectivity index (χ1) is 11.1. The first-order valence-corrected chi connectivity index (χ1v) is 8.93. The van der Waals surface area contributed by atoms with Gasteiger partial charge in [-0.2, -0.15) is 0 Å². The lowest BCUT2D eigenvalue weighted by Gasteiger charge is -2.19.